The van der Waals surface area contributed by atoms with Gasteiger partial charge in [-0.05, 0) is 65.1 Å². The van der Waals surface area contributed by atoms with E-state index >= 15 is 0 Å². The quantitative estimate of drug-likeness (QED) is 0.378. The van der Waals surface area contributed by atoms with Crippen molar-refractivity contribution >= 4 is 46.3 Å². The summed E-state index contributed by atoms with van der Waals surface area (Å²) in [6.07, 6.45) is 6.59. The Morgan fingerprint density at radius 2 is 1.97 bits per heavy atom. The fourth-order valence-corrected chi connectivity index (χ4v) is 6.83. The monoisotopic (exact) mass is 532 g/mol. The van der Waals surface area contributed by atoms with Crippen LogP contribution in [0.15, 0.2) is 12.1 Å². The lowest BCUT2D eigenvalue weighted by molar-refractivity contribution is -0.154. The molecule has 0 aromatic carbocycles. The number of carboxylic acid groups (broad SMARTS) is 1. The van der Waals surface area contributed by atoms with Crippen molar-refractivity contribution in [3.05, 3.63) is 22.6 Å². The molecule has 3 N–H and O–H groups in total. The van der Waals surface area contributed by atoms with Crippen LogP contribution < -0.4 is 10.6 Å². The number of nitrogens with one attached hydrogen (secondary N) is 2. The highest BCUT2D eigenvalue weighted by molar-refractivity contribution is 7.17. The van der Waals surface area contributed by atoms with Gasteiger partial charge in [-0.3, -0.25) is 19.8 Å². The highest BCUT2D eigenvalue weighted by atomic mass is 32.1. The predicted molar refractivity (Wildman–Crippen MR) is 141 cm³/mol. The van der Waals surface area contributed by atoms with E-state index < -0.39 is 23.0 Å². The zero-order chi connectivity index (χ0) is 26.8. The molecule has 1 aromatic heterocycles. The molecule has 1 unspecified atom stereocenters. The summed E-state index contributed by atoms with van der Waals surface area (Å²) >= 11 is 1.16. The molecule has 4 rings (SSSR count). The Balaban J connectivity index is 1.42. The van der Waals surface area contributed by atoms with E-state index in [1.807, 2.05) is 13.8 Å². The Bertz CT molecular complexity index is 1090. The molecule has 1 atom stereocenters. The number of amides is 3. The molecule has 3 aliphatic heterocycles. The van der Waals surface area contributed by atoms with E-state index in [0.717, 1.165) is 56.1 Å². The minimum atomic E-state index is -1.09. The lowest BCUT2D eigenvalue weighted by Crippen LogP contribution is -2.53. The lowest BCUT2D eigenvalue weighted by atomic mass is 9.74. The molecule has 202 valence electrons. The fraction of sp³-hybridized carbons (Fsp3) is 0.615. The zero-order valence-corrected chi connectivity index (χ0v) is 22.5. The first-order valence-corrected chi connectivity index (χ1v) is 13.7. The first kappa shape index (κ1) is 27.1. The number of cyclic esters (lactones) is 1. The van der Waals surface area contributed by atoms with Crippen molar-refractivity contribution in [1.82, 2.24) is 15.1 Å². The van der Waals surface area contributed by atoms with Gasteiger partial charge in [0.2, 0.25) is 0 Å². The topological polar surface area (TPSA) is 128 Å². The smallest absolute Gasteiger partial charge is 0.328 e. The molecule has 0 aliphatic carbocycles. The number of aliphatic carboxylic acids is 1. The average Bonchev–Trinajstić information content (AvgIpc) is 3.33. The Morgan fingerprint density at radius 3 is 2.59 bits per heavy atom. The van der Waals surface area contributed by atoms with Crippen molar-refractivity contribution in [3.63, 3.8) is 0 Å². The van der Waals surface area contributed by atoms with Crippen LogP contribution in [-0.4, -0.2) is 83.1 Å². The second-order valence-corrected chi connectivity index (χ2v) is 11.8. The number of urea groups is 1. The summed E-state index contributed by atoms with van der Waals surface area (Å²) in [6, 6.07) is 1.50. The summed E-state index contributed by atoms with van der Waals surface area (Å²) in [5.41, 5.74) is -0.493. The van der Waals surface area contributed by atoms with Gasteiger partial charge >= 0.3 is 18.0 Å². The van der Waals surface area contributed by atoms with Crippen LogP contribution in [0.3, 0.4) is 0 Å². The molecule has 1 aromatic rings. The average molecular weight is 533 g/mol. The van der Waals surface area contributed by atoms with Crippen LogP contribution in [0, 0.1) is 5.41 Å². The van der Waals surface area contributed by atoms with Gasteiger partial charge in [0.15, 0.2) is 0 Å². The molecular formula is C26H36N4O6S. The maximum Gasteiger partial charge on any atom is 0.328 e. The number of carbonyl (C=O) groups is 4. The summed E-state index contributed by atoms with van der Waals surface area (Å²) in [7, 11) is 0. The van der Waals surface area contributed by atoms with Gasteiger partial charge in [0.05, 0.1) is 11.0 Å². The molecule has 3 fully saturated rings. The summed E-state index contributed by atoms with van der Waals surface area (Å²) < 4.78 is 5.67. The molecule has 0 bridgehead atoms. The van der Waals surface area contributed by atoms with Crippen LogP contribution in [0.4, 0.5) is 9.80 Å². The molecule has 3 saturated heterocycles. The molecule has 4 heterocycles. The van der Waals surface area contributed by atoms with Crippen LogP contribution in [-0.2, 0) is 14.3 Å². The van der Waals surface area contributed by atoms with Gasteiger partial charge in [-0.1, -0.05) is 0 Å². The molecule has 0 saturated carbocycles. The largest absolute Gasteiger partial charge is 0.478 e. The number of anilines is 1. The van der Waals surface area contributed by atoms with E-state index in [9.17, 15) is 19.2 Å². The van der Waals surface area contributed by atoms with Crippen molar-refractivity contribution < 1.29 is 29.0 Å². The Morgan fingerprint density at radius 1 is 1.24 bits per heavy atom. The molecule has 3 amide bonds. The van der Waals surface area contributed by atoms with Gasteiger partial charge in [0, 0.05) is 49.6 Å². The van der Waals surface area contributed by atoms with E-state index in [-0.39, 0.29) is 11.9 Å². The van der Waals surface area contributed by atoms with E-state index in [0.29, 0.717) is 47.7 Å². The normalized spacial score (nSPS) is 24.4. The van der Waals surface area contributed by atoms with Gasteiger partial charge in [0.1, 0.15) is 10.6 Å². The number of nitrogens with zero attached hydrogens (tertiary/aromatic N) is 2. The highest BCUT2D eigenvalue weighted by Crippen LogP contribution is 2.46. The van der Waals surface area contributed by atoms with Gasteiger partial charge in [0.25, 0.3) is 5.91 Å². The molecule has 11 heteroatoms. The van der Waals surface area contributed by atoms with E-state index in [4.69, 9.17) is 9.84 Å². The number of carbonyl (C=O) groups excluding carboxylic acids is 3. The highest BCUT2D eigenvalue weighted by Gasteiger charge is 2.54. The van der Waals surface area contributed by atoms with Crippen molar-refractivity contribution in [2.45, 2.75) is 64.5 Å². The minimum Gasteiger partial charge on any atom is -0.478 e. The van der Waals surface area contributed by atoms with Crippen molar-refractivity contribution in [1.29, 1.82) is 0 Å². The molecular weight excluding hydrogens is 496 g/mol. The van der Waals surface area contributed by atoms with Crippen LogP contribution >= 0.6 is 11.3 Å². The fourth-order valence-electron chi connectivity index (χ4n) is 5.88. The van der Waals surface area contributed by atoms with Gasteiger partial charge < -0.3 is 20.1 Å². The third kappa shape index (κ3) is 6.15. The Kier molecular flexibility index (Phi) is 7.94. The first-order chi connectivity index (χ1) is 17.5. The number of hydrogen-bond donors (Lipinski definition) is 3. The second-order valence-electron chi connectivity index (χ2n) is 10.8. The number of piperidine rings is 2. The van der Waals surface area contributed by atoms with Crippen molar-refractivity contribution in [3.8, 4) is 0 Å². The molecule has 0 radical (unpaired) electrons. The molecule has 3 aliphatic rings. The van der Waals surface area contributed by atoms with Crippen LogP contribution in [0.2, 0.25) is 0 Å². The van der Waals surface area contributed by atoms with Gasteiger partial charge in [-0.2, -0.15) is 0 Å². The number of hydrogen-bond acceptors (Lipinski definition) is 7. The summed E-state index contributed by atoms with van der Waals surface area (Å²) in [5.74, 6) is -1.35. The van der Waals surface area contributed by atoms with Crippen molar-refractivity contribution in [2.75, 3.05) is 38.0 Å². The number of esters is 1. The van der Waals surface area contributed by atoms with Crippen LogP contribution in [0.5, 0.6) is 0 Å². The van der Waals surface area contributed by atoms with E-state index in [1.165, 1.54) is 6.08 Å². The van der Waals surface area contributed by atoms with Crippen LogP contribution in [0.25, 0.3) is 6.08 Å². The third-order valence-electron chi connectivity index (χ3n) is 7.38. The lowest BCUT2D eigenvalue weighted by Gasteiger charge is -2.44. The molecule has 1 spiro atoms. The SMILES string of the molecule is CCNC(=O)Nc1sc(C=CC(=O)O)cc1C(=O)N1CCC(N2CCCC3(C2)CC(C)(C)OC3=O)CC1. The van der Waals surface area contributed by atoms with E-state index in [1.54, 1.807) is 17.9 Å². The predicted octanol–water partition coefficient (Wildman–Crippen LogP) is 3.40. The summed E-state index contributed by atoms with van der Waals surface area (Å²) in [4.78, 5) is 54.1. The molecule has 37 heavy (non-hydrogen) atoms. The zero-order valence-electron chi connectivity index (χ0n) is 21.7. The van der Waals surface area contributed by atoms with Crippen LogP contribution in [0.1, 0.15) is 68.1 Å². The Labute approximate surface area is 221 Å². The number of ether oxygens (including phenoxy) is 1. The summed E-state index contributed by atoms with van der Waals surface area (Å²) in [6.45, 7) is 8.98. The minimum absolute atomic E-state index is 0.0767. The van der Waals surface area contributed by atoms with E-state index in [2.05, 4.69) is 15.5 Å². The number of rotatable bonds is 6. The number of likely N-dealkylation sites (tertiary alicyclic amines) is 2. The first-order valence-electron chi connectivity index (χ1n) is 12.9. The van der Waals surface area contributed by atoms with Gasteiger partial charge in [-0.15, -0.1) is 11.3 Å². The van der Waals surface area contributed by atoms with Gasteiger partial charge in [-0.25, -0.2) is 9.59 Å². The standard InChI is InChI=1S/C26H36N4O6S/c1-4-27-24(35)28-21-19(14-18(37-21)6-7-20(31)32)22(33)29-12-8-17(9-13-29)30-11-5-10-26(16-30)15-25(2,3)36-23(26)34/h6-7,14,17H,4-5,8-13,15-16H2,1-3H3,(H,31,32)(H2,27,28,35). The maximum atomic E-state index is 13.5. The number of carboxylic acids is 1. The van der Waals surface area contributed by atoms with Crippen molar-refractivity contribution in [2.24, 2.45) is 5.41 Å². The Hall–Kier alpha value is -2.92. The third-order valence-corrected chi connectivity index (χ3v) is 8.39. The second kappa shape index (κ2) is 10.8. The summed E-state index contributed by atoms with van der Waals surface area (Å²) in [5, 5.41) is 14.7. The number of thiophene rings is 1. The molecule has 10 nitrogen and oxygen atoms in total. The maximum absolute atomic E-state index is 13.5.